The van der Waals surface area contributed by atoms with Crippen LogP contribution in [0.1, 0.15) is 20.3 Å². The molecule has 2 rings (SSSR count). The number of nitrogens with zero attached hydrogens (tertiary/aromatic N) is 1. The highest BCUT2D eigenvalue weighted by molar-refractivity contribution is 6.05. The summed E-state index contributed by atoms with van der Waals surface area (Å²) in [6.45, 7) is 4.39. The van der Waals surface area contributed by atoms with Crippen LogP contribution in [0.25, 0.3) is 0 Å². The molecule has 20 heavy (non-hydrogen) atoms. The van der Waals surface area contributed by atoms with Crippen molar-refractivity contribution >= 4 is 23.2 Å². The third-order valence-electron chi connectivity index (χ3n) is 3.29. The van der Waals surface area contributed by atoms with E-state index in [0.717, 1.165) is 0 Å². The lowest BCUT2D eigenvalue weighted by Crippen LogP contribution is -2.58. The molecule has 1 atom stereocenters. The van der Waals surface area contributed by atoms with Gasteiger partial charge < -0.3 is 15.4 Å². The average molecular weight is 277 g/mol. The van der Waals surface area contributed by atoms with Crippen LogP contribution in [0, 0.1) is 0 Å². The second kappa shape index (κ2) is 5.81. The second-order valence-electron chi connectivity index (χ2n) is 4.59. The van der Waals surface area contributed by atoms with Crippen molar-refractivity contribution in [2.45, 2.75) is 26.3 Å². The molecule has 0 saturated carbocycles. The number of ether oxygens (including phenoxy) is 1. The molecule has 1 fully saturated rings. The molecule has 2 amide bonds. The summed E-state index contributed by atoms with van der Waals surface area (Å²) in [5, 5.41) is 2.35. The number of anilines is 2. The minimum absolute atomic E-state index is 0.115. The highest BCUT2D eigenvalue weighted by Crippen LogP contribution is 2.34. The van der Waals surface area contributed by atoms with Crippen LogP contribution in [0.5, 0.6) is 5.75 Å². The standard InChI is InChI=1S/C14H19N3O3/c1-3-9-14(19)16-12(18)8-17(9)10-6-5-7-11(13(10)15)20-4-2/h5-7,9H,3-4,8,15H2,1-2H3,(H,16,18,19). The first-order chi connectivity index (χ1) is 9.58. The molecule has 6 nitrogen and oxygen atoms in total. The molecule has 108 valence electrons. The summed E-state index contributed by atoms with van der Waals surface area (Å²) in [6.07, 6.45) is 0.595. The molecule has 0 aliphatic carbocycles. The second-order valence-corrected chi connectivity index (χ2v) is 4.59. The molecule has 0 radical (unpaired) electrons. The zero-order valence-electron chi connectivity index (χ0n) is 11.7. The summed E-state index contributed by atoms with van der Waals surface area (Å²) < 4.78 is 5.45. The fraction of sp³-hybridized carbons (Fsp3) is 0.429. The third kappa shape index (κ3) is 2.54. The Morgan fingerprint density at radius 3 is 2.80 bits per heavy atom. The maximum atomic E-state index is 11.9. The van der Waals surface area contributed by atoms with Gasteiger partial charge in [0, 0.05) is 0 Å². The first-order valence-electron chi connectivity index (χ1n) is 6.70. The first kappa shape index (κ1) is 14.2. The first-order valence-corrected chi connectivity index (χ1v) is 6.70. The number of amides is 2. The van der Waals surface area contributed by atoms with Gasteiger partial charge in [-0.25, -0.2) is 0 Å². The number of carbonyl (C=O) groups excluding carboxylic acids is 2. The zero-order chi connectivity index (χ0) is 14.7. The van der Waals surface area contributed by atoms with Crippen molar-refractivity contribution in [3.63, 3.8) is 0 Å². The van der Waals surface area contributed by atoms with E-state index in [9.17, 15) is 9.59 Å². The van der Waals surface area contributed by atoms with Gasteiger partial charge in [-0.2, -0.15) is 0 Å². The Morgan fingerprint density at radius 1 is 1.40 bits per heavy atom. The van der Waals surface area contributed by atoms with Gasteiger partial charge in [0.2, 0.25) is 11.8 Å². The van der Waals surface area contributed by atoms with Gasteiger partial charge in [0.15, 0.2) is 0 Å². The maximum Gasteiger partial charge on any atom is 0.249 e. The number of carbonyl (C=O) groups is 2. The van der Waals surface area contributed by atoms with Crippen LogP contribution in [-0.4, -0.2) is 31.0 Å². The van der Waals surface area contributed by atoms with Gasteiger partial charge in [-0.15, -0.1) is 0 Å². The number of rotatable bonds is 4. The van der Waals surface area contributed by atoms with Gasteiger partial charge in [-0.05, 0) is 25.5 Å². The Morgan fingerprint density at radius 2 is 2.15 bits per heavy atom. The average Bonchev–Trinajstić information content (AvgIpc) is 2.40. The molecule has 1 aromatic rings. The molecule has 1 unspecified atom stereocenters. The molecular weight excluding hydrogens is 258 g/mol. The molecule has 3 N–H and O–H groups in total. The predicted molar refractivity (Wildman–Crippen MR) is 76.6 cm³/mol. The van der Waals surface area contributed by atoms with Gasteiger partial charge in [-0.3, -0.25) is 14.9 Å². The quantitative estimate of drug-likeness (QED) is 0.631. The number of para-hydroxylation sites is 1. The fourth-order valence-electron chi connectivity index (χ4n) is 2.39. The Balaban J connectivity index is 2.40. The van der Waals surface area contributed by atoms with Crippen molar-refractivity contribution in [3.05, 3.63) is 18.2 Å². The Hall–Kier alpha value is -2.24. The molecule has 1 aliphatic rings. The van der Waals surface area contributed by atoms with Crippen molar-refractivity contribution in [1.82, 2.24) is 5.32 Å². The lowest BCUT2D eigenvalue weighted by Gasteiger charge is -2.36. The molecular formula is C14H19N3O3. The van der Waals surface area contributed by atoms with E-state index in [-0.39, 0.29) is 18.4 Å². The summed E-state index contributed by atoms with van der Waals surface area (Å²) >= 11 is 0. The number of benzene rings is 1. The Bertz CT molecular complexity index is 530. The lowest BCUT2D eigenvalue weighted by atomic mass is 10.1. The third-order valence-corrected chi connectivity index (χ3v) is 3.29. The smallest absolute Gasteiger partial charge is 0.249 e. The SMILES string of the molecule is CCOc1cccc(N2CC(=O)NC(=O)C2CC)c1N. The van der Waals surface area contributed by atoms with Crippen molar-refractivity contribution in [1.29, 1.82) is 0 Å². The van der Waals surface area contributed by atoms with Crippen LogP contribution in [-0.2, 0) is 9.59 Å². The number of nitrogen functional groups attached to an aromatic ring is 1. The van der Waals surface area contributed by atoms with E-state index in [2.05, 4.69) is 5.32 Å². The van der Waals surface area contributed by atoms with E-state index >= 15 is 0 Å². The predicted octanol–water partition coefficient (Wildman–Crippen LogP) is 0.909. The van der Waals surface area contributed by atoms with Crippen molar-refractivity contribution in [2.75, 3.05) is 23.8 Å². The zero-order valence-corrected chi connectivity index (χ0v) is 11.7. The highest BCUT2D eigenvalue weighted by Gasteiger charge is 2.33. The molecule has 0 aromatic heterocycles. The highest BCUT2D eigenvalue weighted by atomic mass is 16.5. The number of hydrogen-bond donors (Lipinski definition) is 2. The maximum absolute atomic E-state index is 11.9. The lowest BCUT2D eigenvalue weighted by molar-refractivity contribution is -0.132. The number of nitrogens with two attached hydrogens (primary N) is 1. The molecule has 1 aromatic carbocycles. The Labute approximate surface area is 117 Å². The van der Waals surface area contributed by atoms with E-state index in [1.807, 2.05) is 13.8 Å². The van der Waals surface area contributed by atoms with E-state index < -0.39 is 6.04 Å². The summed E-state index contributed by atoms with van der Waals surface area (Å²) in [5.41, 5.74) is 7.21. The number of hydrogen-bond acceptors (Lipinski definition) is 5. The topological polar surface area (TPSA) is 84.7 Å². The Kier molecular flexibility index (Phi) is 4.12. The molecule has 1 saturated heterocycles. The number of piperazine rings is 1. The van der Waals surface area contributed by atoms with Crippen LogP contribution in [0.2, 0.25) is 0 Å². The number of imide groups is 1. The van der Waals surface area contributed by atoms with Crippen molar-refractivity contribution in [2.24, 2.45) is 0 Å². The summed E-state index contributed by atoms with van der Waals surface area (Å²) in [5.74, 6) is -0.0378. The van der Waals surface area contributed by atoms with Gasteiger partial charge in [0.1, 0.15) is 11.8 Å². The van der Waals surface area contributed by atoms with Gasteiger partial charge >= 0.3 is 0 Å². The number of nitrogens with one attached hydrogen (secondary N) is 1. The van der Waals surface area contributed by atoms with Crippen molar-refractivity contribution in [3.8, 4) is 5.75 Å². The molecule has 1 aliphatic heterocycles. The van der Waals surface area contributed by atoms with Crippen LogP contribution in [0.15, 0.2) is 18.2 Å². The van der Waals surface area contributed by atoms with Gasteiger partial charge in [0.05, 0.1) is 24.5 Å². The largest absolute Gasteiger partial charge is 0.492 e. The van der Waals surface area contributed by atoms with Crippen LogP contribution in [0.4, 0.5) is 11.4 Å². The van der Waals surface area contributed by atoms with Gasteiger partial charge in [-0.1, -0.05) is 13.0 Å². The van der Waals surface area contributed by atoms with E-state index in [1.54, 1.807) is 23.1 Å². The summed E-state index contributed by atoms with van der Waals surface area (Å²) in [4.78, 5) is 25.2. The van der Waals surface area contributed by atoms with Crippen LogP contribution in [0.3, 0.4) is 0 Å². The van der Waals surface area contributed by atoms with Crippen molar-refractivity contribution < 1.29 is 14.3 Å². The summed E-state index contributed by atoms with van der Waals surface area (Å²) in [6, 6.07) is 4.98. The van der Waals surface area contributed by atoms with E-state index in [1.165, 1.54) is 0 Å². The minimum atomic E-state index is -0.396. The van der Waals surface area contributed by atoms with E-state index in [0.29, 0.717) is 30.2 Å². The normalized spacial score (nSPS) is 18.9. The molecule has 0 bridgehead atoms. The van der Waals surface area contributed by atoms with Crippen LogP contribution >= 0.6 is 0 Å². The fourth-order valence-corrected chi connectivity index (χ4v) is 2.39. The molecule has 6 heteroatoms. The van der Waals surface area contributed by atoms with Crippen LogP contribution < -0.4 is 20.7 Å². The summed E-state index contributed by atoms with van der Waals surface area (Å²) in [7, 11) is 0. The molecule has 1 heterocycles. The van der Waals surface area contributed by atoms with E-state index in [4.69, 9.17) is 10.5 Å². The van der Waals surface area contributed by atoms with Gasteiger partial charge in [0.25, 0.3) is 0 Å². The monoisotopic (exact) mass is 277 g/mol. The minimum Gasteiger partial charge on any atom is -0.492 e. The molecule has 0 spiro atoms.